The van der Waals surface area contributed by atoms with Gasteiger partial charge in [-0.2, -0.15) is 5.10 Å². The number of carbonyl (C=O) groups is 1. The third-order valence-electron chi connectivity index (χ3n) is 5.86. The number of rotatable bonds is 3. The molecule has 0 atom stereocenters. The molecule has 4 heterocycles. The van der Waals surface area contributed by atoms with Gasteiger partial charge >= 0.3 is 0 Å². The molecule has 154 valence electrons. The minimum absolute atomic E-state index is 0. The highest BCUT2D eigenvalue weighted by atomic mass is 35.5. The molecule has 0 saturated carbocycles. The number of fused-ring (bicyclic) bond motifs is 1. The molecule has 0 spiro atoms. The number of aromatic nitrogens is 3. The first-order valence-corrected chi connectivity index (χ1v) is 9.74. The molecule has 0 unspecified atom stereocenters. The number of nitrogens with one attached hydrogen (secondary N) is 2. The smallest absolute Gasteiger partial charge is 0.259 e. The van der Waals surface area contributed by atoms with Crippen LogP contribution >= 0.6 is 12.4 Å². The third kappa shape index (κ3) is 3.81. The second-order valence-corrected chi connectivity index (χ2v) is 7.53. The fraction of sp³-hybridized carbons (Fsp3) is 0.632. The minimum atomic E-state index is -0.178. The van der Waals surface area contributed by atoms with Crippen LogP contribution in [0.25, 0.3) is 5.65 Å². The van der Waals surface area contributed by atoms with Crippen molar-refractivity contribution in [3.8, 4) is 0 Å². The Kier molecular flexibility index (Phi) is 6.42. The molecule has 9 heteroatoms. The summed E-state index contributed by atoms with van der Waals surface area (Å²) in [5.74, 6) is 0.214. The fourth-order valence-corrected chi connectivity index (χ4v) is 4.30. The number of amides is 1. The highest BCUT2D eigenvalue weighted by molar-refractivity contribution is 6.01. The second-order valence-electron chi connectivity index (χ2n) is 7.53. The van der Waals surface area contributed by atoms with Crippen LogP contribution in [0, 0.1) is 6.92 Å². The predicted molar refractivity (Wildman–Crippen MR) is 109 cm³/mol. The van der Waals surface area contributed by atoms with Crippen LogP contribution in [0.2, 0.25) is 0 Å². The summed E-state index contributed by atoms with van der Waals surface area (Å²) in [4.78, 5) is 30.2. The maximum Gasteiger partial charge on any atom is 0.259 e. The van der Waals surface area contributed by atoms with Gasteiger partial charge < -0.3 is 19.9 Å². The zero-order chi connectivity index (χ0) is 19.0. The standard InChI is InChI=1S/C19H27N5O3.ClH/c1-12-17(19(26)23-9-5-14(27-2)6-10-23)18-21-16(25)11-15(24(18)22-12)13-3-7-20-8-4-13;/h11,13-14,20H,3-10H2,1-2H3,(H,21,25);1H. The molecule has 2 fully saturated rings. The summed E-state index contributed by atoms with van der Waals surface area (Å²) >= 11 is 0. The van der Waals surface area contributed by atoms with Crippen LogP contribution in [0.1, 0.15) is 53.3 Å². The highest BCUT2D eigenvalue weighted by Crippen LogP contribution is 2.27. The van der Waals surface area contributed by atoms with Crippen molar-refractivity contribution < 1.29 is 9.53 Å². The van der Waals surface area contributed by atoms with Crippen molar-refractivity contribution in [3.63, 3.8) is 0 Å². The molecule has 0 radical (unpaired) electrons. The third-order valence-corrected chi connectivity index (χ3v) is 5.86. The average Bonchev–Trinajstić information content (AvgIpc) is 3.03. The first kappa shape index (κ1) is 20.8. The molecule has 0 aromatic carbocycles. The van der Waals surface area contributed by atoms with E-state index in [4.69, 9.17) is 4.74 Å². The lowest BCUT2D eigenvalue weighted by atomic mass is 9.94. The summed E-state index contributed by atoms with van der Waals surface area (Å²) in [6, 6.07) is 1.63. The number of aryl methyl sites for hydroxylation is 1. The first-order chi connectivity index (χ1) is 13.1. The largest absolute Gasteiger partial charge is 0.381 e. The van der Waals surface area contributed by atoms with Gasteiger partial charge in [-0.15, -0.1) is 12.4 Å². The molecule has 8 nitrogen and oxygen atoms in total. The summed E-state index contributed by atoms with van der Waals surface area (Å²) in [7, 11) is 1.71. The maximum absolute atomic E-state index is 13.2. The van der Waals surface area contributed by atoms with Crippen LogP contribution in [0.15, 0.2) is 10.9 Å². The van der Waals surface area contributed by atoms with Gasteiger partial charge in [0.1, 0.15) is 11.2 Å². The van der Waals surface area contributed by atoms with Gasteiger partial charge in [0.15, 0.2) is 0 Å². The summed E-state index contributed by atoms with van der Waals surface area (Å²) in [5, 5.41) is 7.98. The normalized spacial score (nSPS) is 19.0. The van der Waals surface area contributed by atoms with Crippen molar-refractivity contribution in [2.75, 3.05) is 33.3 Å². The second kappa shape index (κ2) is 8.63. The molecular weight excluding hydrogens is 382 g/mol. The lowest BCUT2D eigenvalue weighted by molar-refractivity contribution is 0.0351. The first-order valence-electron chi connectivity index (χ1n) is 9.74. The number of ether oxygens (including phenoxy) is 1. The van der Waals surface area contributed by atoms with E-state index in [1.165, 1.54) is 0 Å². The fourth-order valence-electron chi connectivity index (χ4n) is 4.30. The molecule has 2 aromatic rings. The lowest BCUT2D eigenvalue weighted by Crippen LogP contribution is -2.40. The highest BCUT2D eigenvalue weighted by Gasteiger charge is 2.29. The van der Waals surface area contributed by atoms with E-state index in [9.17, 15) is 9.59 Å². The van der Waals surface area contributed by atoms with Gasteiger partial charge in [-0.05, 0) is 45.7 Å². The number of halogens is 1. The topological polar surface area (TPSA) is 91.7 Å². The Morgan fingerprint density at radius 2 is 1.89 bits per heavy atom. The molecule has 2 saturated heterocycles. The van der Waals surface area contributed by atoms with E-state index in [2.05, 4.69) is 15.4 Å². The van der Waals surface area contributed by atoms with Gasteiger partial charge in [-0.1, -0.05) is 0 Å². The molecule has 0 aliphatic carbocycles. The van der Waals surface area contributed by atoms with Crippen LogP contribution in [0.4, 0.5) is 0 Å². The van der Waals surface area contributed by atoms with Crippen molar-refractivity contribution >= 4 is 24.0 Å². The average molecular weight is 410 g/mol. The Morgan fingerprint density at radius 1 is 1.21 bits per heavy atom. The van der Waals surface area contributed by atoms with Crippen LogP contribution < -0.4 is 10.9 Å². The van der Waals surface area contributed by atoms with Crippen molar-refractivity contribution in [1.29, 1.82) is 0 Å². The number of methoxy groups -OCH3 is 1. The monoisotopic (exact) mass is 409 g/mol. The molecule has 4 rings (SSSR count). The summed E-state index contributed by atoms with van der Waals surface area (Å²) < 4.78 is 7.18. The number of aromatic amines is 1. The van der Waals surface area contributed by atoms with Gasteiger partial charge in [0.2, 0.25) is 0 Å². The molecule has 28 heavy (non-hydrogen) atoms. The number of H-pyrrole nitrogens is 1. The zero-order valence-electron chi connectivity index (χ0n) is 16.4. The van der Waals surface area contributed by atoms with Gasteiger partial charge in [0.25, 0.3) is 11.5 Å². The lowest BCUT2D eigenvalue weighted by Gasteiger charge is -2.31. The van der Waals surface area contributed by atoms with Gasteiger partial charge in [0, 0.05) is 32.2 Å². The SMILES string of the molecule is COC1CCN(C(=O)c2c(C)nn3c(C4CCNCC4)cc(=O)[nH]c23)CC1.Cl. The Labute approximate surface area is 170 Å². The summed E-state index contributed by atoms with van der Waals surface area (Å²) in [6.45, 7) is 5.02. The number of nitrogens with zero attached hydrogens (tertiary/aromatic N) is 3. The van der Waals surface area contributed by atoms with E-state index in [1.807, 2.05) is 11.8 Å². The number of hydrogen-bond acceptors (Lipinski definition) is 5. The molecule has 2 aromatic heterocycles. The van der Waals surface area contributed by atoms with E-state index in [0.717, 1.165) is 44.5 Å². The van der Waals surface area contributed by atoms with E-state index in [1.54, 1.807) is 17.7 Å². The number of carbonyl (C=O) groups excluding carboxylic acids is 1. The van der Waals surface area contributed by atoms with Crippen molar-refractivity contribution in [3.05, 3.63) is 33.4 Å². The Bertz CT molecular complexity index is 895. The van der Waals surface area contributed by atoms with Crippen LogP contribution in [-0.4, -0.2) is 64.8 Å². The Hall–Kier alpha value is -1.90. The van der Waals surface area contributed by atoms with Crippen LogP contribution in [0.5, 0.6) is 0 Å². The van der Waals surface area contributed by atoms with E-state index >= 15 is 0 Å². The minimum Gasteiger partial charge on any atom is -0.381 e. The quantitative estimate of drug-likeness (QED) is 0.801. The van der Waals surface area contributed by atoms with Crippen molar-refractivity contribution in [1.82, 2.24) is 24.8 Å². The maximum atomic E-state index is 13.2. The summed E-state index contributed by atoms with van der Waals surface area (Å²) in [5.41, 5.74) is 2.41. The summed E-state index contributed by atoms with van der Waals surface area (Å²) in [6.07, 6.45) is 3.80. The molecule has 2 aliphatic heterocycles. The predicted octanol–water partition coefficient (Wildman–Crippen LogP) is 1.47. The molecule has 2 aliphatic rings. The van der Waals surface area contributed by atoms with Crippen LogP contribution in [-0.2, 0) is 4.74 Å². The van der Waals surface area contributed by atoms with E-state index in [-0.39, 0.29) is 35.9 Å². The zero-order valence-corrected chi connectivity index (χ0v) is 17.2. The van der Waals surface area contributed by atoms with Crippen molar-refractivity contribution in [2.24, 2.45) is 0 Å². The number of likely N-dealkylation sites (tertiary alicyclic amines) is 1. The molecule has 2 N–H and O–H groups in total. The number of hydrogen-bond donors (Lipinski definition) is 2. The number of piperidine rings is 2. The van der Waals surface area contributed by atoms with E-state index in [0.29, 0.717) is 30.0 Å². The Morgan fingerprint density at radius 3 is 2.54 bits per heavy atom. The van der Waals surface area contributed by atoms with Crippen molar-refractivity contribution in [2.45, 2.75) is 44.6 Å². The van der Waals surface area contributed by atoms with Crippen LogP contribution in [0.3, 0.4) is 0 Å². The molecular formula is C19H28ClN5O3. The van der Waals surface area contributed by atoms with E-state index < -0.39 is 0 Å². The molecule has 1 amide bonds. The molecule has 0 bridgehead atoms. The van der Waals surface area contributed by atoms with Gasteiger partial charge in [0.05, 0.1) is 17.5 Å². The van der Waals surface area contributed by atoms with Gasteiger partial charge in [-0.25, -0.2) is 4.52 Å². The Balaban J connectivity index is 0.00000225. The van der Waals surface area contributed by atoms with Gasteiger partial charge in [-0.3, -0.25) is 9.59 Å².